The summed E-state index contributed by atoms with van der Waals surface area (Å²) in [4.78, 5) is 20.7. The van der Waals surface area contributed by atoms with Crippen LogP contribution in [0.2, 0.25) is 0 Å². The molecule has 1 amide bonds. The molecule has 3 rings (SSSR count). The minimum Gasteiger partial charge on any atom is -0.454 e. The monoisotopic (exact) mass is 314 g/mol. The lowest BCUT2D eigenvalue weighted by Crippen LogP contribution is -2.31. The number of carbonyl (C=O) groups excluding carboxylic acids is 1. The Labute approximate surface area is 134 Å². The second-order valence-electron chi connectivity index (χ2n) is 5.54. The van der Waals surface area contributed by atoms with Gasteiger partial charge >= 0.3 is 0 Å². The first-order chi connectivity index (χ1) is 11.0. The molecule has 7 nitrogen and oxygen atoms in total. The topological polar surface area (TPSA) is 85.4 Å². The van der Waals surface area contributed by atoms with Gasteiger partial charge in [-0.1, -0.05) is 0 Å². The molecule has 120 valence electrons. The van der Waals surface area contributed by atoms with Gasteiger partial charge in [-0.25, -0.2) is 9.97 Å². The Bertz CT molecular complexity index is 746. The van der Waals surface area contributed by atoms with E-state index in [4.69, 9.17) is 9.47 Å². The van der Waals surface area contributed by atoms with Gasteiger partial charge in [-0.15, -0.1) is 0 Å². The van der Waals surface area contributed by atoms with Crippen molar-refractivity contribution in [2.24, 2.45) is 0 Å². The molecular formula is C16H18N4O3. The lowest BCUT2D eigenvalue weighted by molar-refractivity contribution is 0.0938. The molecule has 0 saturated carbocycles. The number of ether oxygens (including phenoxy) is 2. The predicted molar refractivity (Wildman–Crippen MR) is 85.2 cm³/mol. The highest BCUT2D eigenvalue weighted by Gasteiger charge is 2.15. The highest BCUT2D eigenvalue weighted by molar-refractivity contribution is 5.92. The van der Waals surface area contributed by atoms with Crippen molar-refractivity contribution in [2.75, 3.05) is 12.1 Å². The molecule has 1 aromatic heterocycles. The molecule has 1 aromatic carbocycles. The van der Waals surface area contributed by atoms with E-state index in [1.807, 2.05) is 39.0 Å². The summed E-state index contributed by atoms with van der Waals surface area (Å²) in [6.45, 7) is 5.84. The Hall–Kier alpha value is -2.83. The van der Waals surface area contributed by atoms with Crippen LogP contribution < -0.4 is 20.1 Å². The summed E-state index contributed by atoms with van der Waals surface area (Å²) in [6.07, 6.45) is 0. The second-order valence-corrected chi connectivity index (χ2v) is 5.54. The van der Waals surface area contributed by atoms with Gasteiger partial charge in [-0.05, 0) is 39.0 Å². The van der Waals surface area contributed by atoms with Crippen molar-refractivity contribution in [1.29, 1.82) is 0 Å². The maximum absolute atomic E-state index is 12.1. The van der Waals surface area contributed by atoms with E-state index >= 15 is 0 Å². The first-order valence-corrected chi connectivity index (χ1v) is 7.34. The number of carbonyl (C=O) groups is 1. The van der Waals surface area contributed by atoms with E-state index in [-0.39, 0.29) is 18.7 Å². The van der Waals surface area contributed by atoms with E-state index in [0.717, 1.165) is 5.69 Å². The van der Waals surface area contributed by atoms with Gasteiger partial charge in [-0.2, -0.15) is 0 Å². The van der Waals surface area contributed by atoms with E-state index in [9.17, 15) is 4.79 Å². The molecule has 23 heavy (non-hydrogen) atoms. The van der Waals surface area contributed by atoms with Crippen LogP contribution in [-0.2, 0) is 0 Å². The minimum atomic E-state index is -0.223. The zero-order chi connectivity index (χ0) is 16.4. The van der Waals surface area contributed by atoms with Gasteiger partial charge in [0.1, 0.15) is 5.69 Å². The van der Waals surface area contributed by atoms with Crippen LogP contribution in [0.15, 0.2) is 24.3 Å². The number of nitrogens with one attached hydrogen (secondary N) is 2. The van der Waals surface area contributed by atoms with Gasteiger partial charge in [-0.3, -0.25) is 4.79 Å². The van der Waals surface area contributed by atoms with E-state index in [2.05, 4.69) is 20.6 Å². The van der Waals surface area contributed by atoms with Crippen LogP contribution >= 0.6 is 0 Å². The lowest BCUT2D eigenvalue weighted by atomic mass is 10.2. The summed E-state index contributed by atoms with van der Waals surface area (Å²) >= 11 is 0. The number of nitrogens with zero attached hydrogens (tertiary/aromatic N) is 2. The van der Waals surface area contributed by atoms with Gasteiger partial charge < -0.3 is 20.1 Å². The maximum atomic E-state index is 12.1. The van der Waals surface area contributed by atoms with Crippen molar-refractivity contribution >= 4 is 17.5 Å². The fourth-order valence-corrected chi connectivity index (χ4v) is 2.18. The van der Waals surface area contributed by atoms with Crippen molar-refractivity contribution in [3.8, 4) is 11.5 Å². The van der Waals surface area contributed by atoms with Crippen molar-refractivity contribution < 1.29 is 14.3 Å². The molecule has 2 N–H and O–H groups in total. The van der Waals surface area contributed by atoms with Gasteiger partial charge in [0.05, 0.1) is 0 Å². The summed E-state index contributed by atoms with van der Waals surface area (Å²) in [5, 5.41) is 5.90. The van der Waals surface area contributed by atoms with Gasteiger partial charge in [0.25, 0.3) is 5.91 Å². The molecule has 0 unspecified atom stereocenters. The number of rotatable bonds is 4. The summed E-state index contributed by atoms with van der Waals surface area (Å²) < 4.78 is 10.6. The number of anilines is 2. The molecular weight excluding hydrogens is 296 g/mol. The predicted octanol–water partition coefficient (Wildman–Crippen LogP) is 2.40. The fourth-order valence-electron chi connectivity index (χ4n) is 2.18. The number of benzene rings is 1. The third-order valence-corrected chi connectivity index (χ3v) is 3.14. The smallest absolute Gasteiger partial charge is 0.270 e. The van der Waals surface area contributed by atoms with Crippen molar-refractivity contribution in [2.45, 2.75) is 26.8 Å². The molecule has 1 aliphatic heterocycles. The molecule has 0 aliphatic carbocycles. The van der Waals surface area contributed by atoms with Crippen LogP contribution in [0.4, 0.5) is 11.6 Å². The first-order valence-electron chi connectivity index (χ1n) is 7.34. The second kappa shape index (κ2) is 6.12. The van der Waals surface area contributed by atoms with Gasteiger partial charge in [0.2, 0.25) is 12.7 Å². The average molecular weight is 314 g/mol. The molecule has 2 aromatic rings. The molecule has 0 atom stereocenters. The average Bonchev–Trinajstić information content (AvgIpc) is 2.93. The van der Waals surface area contributed by atoms with Crippen LogP contribution in [0.5, 0.6) is 11.5 Å². The van der Waals surface area contributed by atoms with Crippen molar-refractivity contribution in [1.82, 2.24) is 15.3 Å². The Morgan fingerprint density at radius 1 is 1.17 bits per heavy atom. The van der Waals surface area contributed by atoms with E-state index in [1.54, 1.807) is 6.07 Å². The van der Waals surface area contributed by atoms with Crippen molar-refractivity contribution in [3.05, 3.63) is 35.7 Å². The highest BCUT2D eigenvalue weighted by Crippen LogP contribution is 2.34. The van der Waals surface area contributed by atoms with E-state index < -0.39 is 0 Å². The zero-order valence-electron chi connectivity index (χ0n) is 13.2. The normalized spacial score (nSPS) is 12.3. The van der Waals surface area contributed by atoms with Crippen LogP contribution in [-0.4, -0.2) is 28.7 Å². The first kappa shape index (κ1) is 15.1. The van der Waals surface area contributed by atoms with Crippen molar-refractivity contribution in [3.63, 3.8) is 0 Å². The van der Waals surface area contributed by atoms with E-state index in [1.165, 1.54) is 0 Å². The third kappa shape index (κ3) is 3.50. The number of aromatic nitrogens is 2. The molecule has 0 spiro atoms. The van der Waals surface area contributed by atoms with Crippen LogP contribution in [0.3, 0.4) is 0 Å². The molecule has 1 aliphatic rings. The summed E-state index contributed by atoms with van der Waals surface area (Å²) in [7, 11) is 0. The Kier molecular flexibility index (Phi) is 4.01. The summed E-state index contributed by atoms with van der Waals surface area (Å²) in [6, 6.07) is 7.16. The zero-order valence-corrected chi connectivity index (χ0v) is 13.2. The fraction of sp³-hybridized carbons (Fsp3) is 0.312. The SMILES string of the molecule is Cc1cc(C(=O)NC(C)C)nc(Nc2ccc3c(c2)OCO3)n1. The summed E-state index contributed by atoms with van der Waals surface area (Å²) in [5.74, 6) is 1.51. The highest BCUT2D eigenvalue weighted by atomic mass is 16.7. The van der Waals surface area contributed by atoms with Crippen LogP contribution in [0.1, 0.15) is 30.0 Å². The third-order valence-electron chi connectivity index (χ3n) is 3.14. The Balaban J connectivity index is 1.82. The maximum Gasteiger partial charge on any atom is 0.270 e. The molecule has 0 fully saturated rings. The lowest BCUT2D eigenvalue weighted by Gasteiger charge is -2.10. The summed E-state index contributed by atoms with van der Waals surface area (Å²) in [5.41, 5.74) is 1.79. The van der Waals surface area contributed by atoms with Gasteiger partial charge in [0, 0.05) is 23.5 Å². The largest absolute Gasteiger partial charge is 0.454 e. The Morgan fingerprint density at radius 2 is 1.96 bits per heavy atom. The van der Waals surface area contributed by atoms with Crippen LogP contribution in [0, 0.1) is 6.92 Å². The van der Waals surface area contributed by atoms with Crippen LogP contribution in [0.25, 0.3) is 0 Å². The number of fused-ring (bicyclic) bond motifs is 1. The molecule has 7 heteroatoms. The number of amides is 1. The molecule has 0 radical (unpaired) electrons. The molecule has 0 bridgehead atoms. The quantitative estimate of drug-likeness (QED) is 0.901. The molecule has 0 saturated heterocycles. The number of hydrogen-bond donors (Lipinski definition) is 2. The Morgan fingerprint density at radius 3 is 2.74 bits per heavy atom. The number of hydrogen-bond acceptors (Lipinski definition) is 6. The molecule has 2 heterocycles. The van der Waals surface area contributed by atoms with Gasteiger partial charge in [0.15, 0.2) is 11.5 Å². The standard InChI is InChI=1S/C16H18N4O3/c1-9(2)17-15(21)12-6-10(3)18-16(20-12)19-11-4-5-13-14(7-11)23-8-22-13/h4-7,9H,8H2,1-3H3,(H,17,21)(H,18,19,20). The minimum absolute atomic E-state index is 0.0445. The number of aryl methyl sites for hydroxylation is 1. The van der Waals surface area contributed by atoms with E-state index in [0.29, 0.717) is 28.8 Å².